The second-order valence-corrected chi connectivity index (χ2v) is 10.4. The van der Waals surface area contributed by atoms with Crippen molar-refractivity contribution >= 4 is 34.8 Å². The summed E-state index contributed by atoms with van der Waals surface area (Å²) in [7, 11) is 1.39. The summed E-state index contributed by atoms with van der Waals surface area (Å²) in [5, 5.41) is 2.70. The van der Waals surface area contributed by atoms with Crippen molar-refractivity contribution in [3.05, 3.63) is 57.3 Å². The van der Waals surface area contributed by atoms with Gasteiger partial charge < -0.3 is 19.3 Å². The van der Waals surface area contributed by atoms with E-state index < -0.39 is 12.0 Å². The van der Waals surface area contributed by atoms with Crippen LogP contribution in [-0.4, -0.2) is 59.6 Å². The predicted molar refractivity (Wildman–Crippen MR) is 143 cm³/mol. The van der Waals surface area contributed by atoms with Gasteiger partial charge in [-0.3, -0.25) is 9.59 Å². The lowest BCUT2D eigenvalue weighted by Crippen LogP contribution is -2.44. The number of fused-ring (bicyclic) bond motifs is 1. The topological polar surface area (TPSA) is 88.5 Å². The molecule has 0 spiro atoms. The fourth-order valence-electron chi connectivity index (χ4n) is 5.18. The van der Waals surface area contributed by atoms with Gasteiger partial charge in [-0.1, -0.05) is 42.4 Å². The van der Waals surface area contributed by atoms with Gasteiger partial charge in [-0.2, -0.15) is 0 Å². The third-order valence-corrected chi connectivity index (χ3v) is 7.97. The normalized spacial score (nSPS) is 21.3. The van der Waals surface area contributed by atoms with E-state index in [1.54, 1.807) is 11.8 Å². The van der Waals surface area contributed by atoms with Crippen molar-refractivity contribution in [2.24, 2.45) is 10.9 Å². The molecular formula is C28H35N3O5S. The van der Waals surface area contributed by atoms with Crippen LogP contribution in [0.4, 0.5) is 0 Å². The van der Waals surface area contributed by atoms with Crippen molar-refractivity contribution < 1.29 is 23.9 Å². The fraction of sp³-hybridized carbons (Fsp3) is 0.500. The van der Waals surface area contributed by atoms with Crippen LogP contribution in [0.1, 0.15) is 62.3 Å². The van der Waals surface area contributed by atoms with E-state index in [4.69, 9.17) is 14.5 Å². The minimum absolute atomic E-state index is 0.0494. The quantitative estimate of drug-likeness (QED) is 0.480. The van der Waals surface area contributed by atoms with E-state index >= 15 is 0 Å². The molecule has 3 aliphatic rings. The smallest absolute Gasteiger partial charge is 0.338 e. The first-order chi connectivity index (χ1) is 17.8. The number of esters is 2. The van der Waals surface area contributed by atoms with Gasteiger partial charge in [0.2, 0.25) is 5.91 Å². The highest BCUT2D eigenvalue weighted by atomic mass is 32.2. The molecule has 3 aliphatic heterocycles. The molecule has 1 aromatic rings. The number of hydrogen-bond acceptors (Lipinski definition) is 8. The lowest BCUT2D eigenvalue weighted by atomic mass is 9.89. The van der Waals surface area contributed by atoms with Crippen molar-refractivity contribution in [2.75, 3.05) is 26.8 Å². The van der Waals surface area contributed by atoms with Crippen LogP contribution in [0.3, 0.4) is 0 Å². The summed E-state index contributed by atoms with van der Waals surface area (Å²) in [6.45, 7) is 9.14. The molecule has 8 nitrogen and oxygen atoms in total. The molecule has 1 aromatic carbocycles. The molecule has 4 rings (SSSR count). The van der Waals surface area contributed by atoms with Crippen molar-refractivity contribution in [2.45, 2.75) is 59.4 Å². The number of nitrogens with zero attached hydrogens (tertiary/aromatic N) is 3. The van der Waals surface area contributed by atoms with Crippen molar-refractivity contribution in [1.82, 2.24) is 9.80 Å². The van der Waals surface area contributed by atoms with Crippen LogP contribution < -0.4 is 0 Å². The van der Waals surface area contributed by atoms with Gasteiger partial charge in [0.1, 0.15) is 0 Å². The van der Waals surface area contributed by atoms with E-state index in [0.29, 0.717) is 37.4 Å². The van der Waals surface area contributed by atoms with Gasteiger partial charge in [0.15, 0.2) is 5.17 Å². The molecule has 1 fully saturated rings. The number of likely N-dealkylation sites (tertiary alicyclic amines) is 1. The summed E-state index contributed by atoms with van der Waals surface area (Å²) in [5.41, 5.74) is 5.10. The summed E-state index contributed by atoms with van der Waals surface area (Å²) in [5.74, 6) is -0.996. The van der Waals surface area contributed by atoms with Gasteiger partial charge in [0.05, 0.1) is 43.4 Å². The first kappa shape index (κ1) is 27.0. The van der Waals surface area contributed by atoms with Gasteiger partial charge in [0, 0.05) is 18.8 Å². The number of amidine groups is 1. The van der Waals surface area contributed by atoms with E-state index in [-0.39, 0.29) is 24.2 Å². The van der Waals surface area contributed by atoms with Gasteiger partial charge in [-0.05, 0) is 56.6 Å². The number of aryl methyl sites for hydroxylation is 2. The second kappa shape index (κ2) is 11.5. The number of piperidine rings is 1. The number of aliphatic imine (C=N–C) groups is 1. The average molecular weight is 526 g/mol. The average Bonchev–Trinajstić information content (AvgIpc) is 3.30. The molecule has 0 aromatic heterocycles. The summed E-state index contributed by atoms with van der Waals surface area (Å²) >= 11 is 1.47. The molecule has 0 saturated carbocycles. The Labute approximate surface area is 222 Å². The second-order valence-electron chi connectivity index (χ2n) is 9.57. The molecule has 0 aliphatic carbocycles. The molecule has 0 unspecified atom stereocenters. The maximum atomic E-state index is 13.5. The molecule has 0 radical (unpaired) electrons. The van der Waals surface area contributed by atoms with E-state index in [9.17, 15) is 14.4 Å². The zero-order valence-corrected chi connectivity index (χ0v) is 23.0. The molecule has 0 bridgehead atoms. The molecule has 9 heteroatoms. The van der Waals surface area contributed by atoms with Gasteiger partial charge >= 0.3 is 11.9 Å². The SMILES string of the molecule is CCOC(=O)[C@@H]1CCCN(C(=O)CC2=CSC3=NC(CC)=C(C(=O)OC)[C@H](c4cc(C)ccc4C)N23)C1. The third-order valence-electron chi connectivity index (χ3n) is 7.08. The standard InChI is InChI=1S/C28H35N3O5S/c1-6-22-24(27(34)35-5)25(21-13-17(3)10-11-18(21)4)31-20(16-37-28(31)29-22)14-23(32)30-12-8-9-19(15-30)26(33)36-7-2/h10-11,13,16,19,25H,6-9,12,14-15H2,1-5H3/t19-,25+/m1/s1. The number of benzene rings is 1. The number of carbonyl (C=O) groups is 3. The van der Waals surface area contributed by atoms with Crippen molar-refractivity contribution in [1.29, 1.82) is 0 Å². The maximum Gasteiger partial charge on any atom is 0.338 e. The number of methoxy groups -OCH3 is 1. The van der Waals surface area contributed by atoms with Gasteiger partial charge in [-0.25, -0.2) is 9.79 Å². The number of carbonyl (C=O) groups excluding carboxylic acids is 3. The molecule has 0 N–H and O–H groups in total. The molecular weight excluding hydrogens is 490 g/mol. The van der Waals surface area contributed by atoms with E-state index in [1.165, 1.54) is 18.9 Å². The Bertz CT molecular complexity index is 1190. The third kappa shape index (κ3) is 5.46. The predicted octanol–water partition coefficient (Wildman–Crippen LogP) is 4.63. The number of thioether (sulfide) groups is 1. The van der Waals surface area contributed by atoms with E-state index in [2.05, 4.69) is 12.1 Å². The Morgan fingerprint density at radius 2 is 1.97 bits per heavy atom. The van der Waals surface area contributed by atoms with Crippen LogP contribution in [-0.2, 0) is 23.9 Å². The lowest BCUT2D eigenvalue weighted by molar-refractivity contribution is -0.151. The zero-order valence-electron chi connectivity index (χ0n) is 22.2. The number of rotatable bonds is 7. The highest BCUT2D eigenvalue weighted by Crippen LogP contribution is 2.46. The first-order valence-corrected chi connectivity index (χ1v) is 13.7. The molecule has 2 atom stereocenters. The number of allylic oxidation sites excluding steroid dienone is 1. The van der Waals surface area contributed by atoms with Crippen LogP contribution in [0.5, 0.6) is 0 Å². The molecule has 37 heavy (non-hydrogen) atoms. The molecule has 3 heterocycles. The Balaban J connectivity index is 1.66. The van der Waals surface area contributed by atoms with Gasteiger partial charge in [-0.15, -0.1) is 0 Å². The van der Waals surface area contributed by atoms with Crippen molar-refractivity contribution in [3.63, 3.8) is 0 Å². The Hall–Kier alpha value is -3.07. The first-order valence-electron chi connectivity index (χ1n) is 12.9. The van der Waals surface area contributed by atoms with Crippen LogP contribution in [0.2, 0.25) is 0 Å². The molecule has 198 valence electrons. The van der Waals surface area contributed by atoms with E-state index in [1.807, 2.05) is 37.1 Å². The van der Waals surface area contributed by atoms with Crippen LogP contribution in [0.15, 0.2) is 45.6 Å². The van der Waals surface area contributed by atoms with Gasteiger partial charge in [0.25, 0.3) is 0 Å². The minimum Gasteiger partial charge on any atom is -0.466 e. The Kier molecular flexibility index (Phi) is 8.42. The highest BCUT2D eigenvalue weighted by Gasteiger charge is 2.42. The monoisotopic (exact) mass is 525 g/mol. The van der Waals surface area contributed by atoms with Crippen LogP contribution >= 0.6 is 11.8 Å². The van der Waals surface area contributed by atoms with Crippen molar-refractivity contribution in [3.8, 4) is 0 Å². The summed E-state index contributed by atoms with van der Waals surface area (Å²) in [4.78, 5) is 47.5. The van der Waals surface area contributed by atoms with Crippen LogP contribution in [0.25, 0.3) is 0 Å². The Morgan fingerprint density at radius 1 is 1.19 bits per heavy atom. The largest absolute Gasteiger partial charge is 0.466 e. The summed E-state index contributed by atoms with van der Waals surface area (Å²) in [6, 6.07) is 5.75. The zero-order chi connectivity index (χ0) is 26.7. The lowest BCUT2D eigenvalue weighted by Gasteiger charge is -2.38. The maximum absolute atomic E-state index is 13.5. The summed E-state index contributed by atoms with van der Waals surface area (Å²) < 4.78 is 10.4. The molecule has 1 saturated heterocycles. The Morgan fingerprint density at radius 3 is 2.68 bits per heavy atom. The minimum atomic E-state index is -0.447. The van der Waals surface area contributed by atoms with Crippen LogP contribution in [0, 0.1) is 19.8 Å². The number of hydrogen-bond donors (Lipinski definition) is 0. The highest BCUT2D eigenvalue weighted by molar-refractivity contribution is 8.16. The fourth-order valence-corrected chi connectivity index (χ4v) is 6.12. The summed E-state index contributed by atoms with van der Waals surface area (Å²) in [6.07, 6.45) is 2.23. The number of ether oxygens (including phenoxy) is 2. The molecule has 1 amide bonds. The van der Waals surface area contributed by atoms with E-state index in [0.717, 1.165) is 40.4 Å². The number of amides is 1.